The summed E-state index contributed by atoms with van der Waals surface area (Å²) < 4.78 is 0. The van der Waals surface area contributed by atoms with Crippen LogP contribution in [-0.4, -0.2) is 46.7 Å². The number of rotatable bonds is 5. The molecule has 1 aromatic carbocycles. The number of benzene rings is 1. The molecule has 0 saturated carbocycles. The molecule has 5 nitrogen and oxygen atoms in total. The predicted octanol–water partition coefficient (Wildman–Crippen LogP) is 2.56. The Kier molecular flexibility index (Phi) is 4.73. The van der Waals surface area contributed by atoms with E-state index in [2.05, 4.69) is 27.3 Å². The molecule has 1 saturated heterocycles. The van der Waals surface area contributed by atoms with E-state index in [0.29, 0.717) is 18.3 Å². The highest BCUT2D eigenvalue weighted by atomic mass is 16.1. The third-order valence-corrected chi connectivity index (χ3v) is 4.53. The predicted molar refractivity (Wildman–Crippen MR) is 87.9 cm³/mol. The van der Waals surface area contributed by atoms with E-state index in [1.54, 1.807) is 0 Å². The summed E-state index contributed by atoms with van der Waals surface area (Å²) in [5.41, 5.74) is 1.39. The zero-order valence-corrected chi connectivity index (χ0v) is 13.1. The van der Waals surface area contributed by atoms with Gasteiger partial charge < -0.3 is 10.2 Å². The Hall–Kier alpha value is -1.88. The summed E-state index contributed by atoms with van der Waals surface area (Å²) in [6.45, 7) is 5.25. The number of aromatic amines is 1. The van der Waals surface area contributed by atoms with Crippen molar-refractivity contribution < 1.29 is 4.79 Å². The molecule has 1 fully saturated rings. The molecule has 1 amide bonds. The Morgan fingerprint density at radius 3 is 3.14 bits per heavy atom. The van der Waals surface area contributed by atoms with Crippen LogP contribution in [0.5, 0.6) is 0 Å². The largest absolute Gasteiger partial charge is 0.351 e. The molecular formula is C17H24N4O. The summed E-state index contributed by atoms with van der Waals surface area (Å²) in [6, 6.07) is 8.38. The number of carbonyl (C=O) groups excluding carboxylic acids is 1. The first-order valence-corrected chi connectivity index (χ1v) is 8.21. The number of hydrogen-bond donors (Lipinski definition) is 2. The third kappa shape index (κ3) is 3.30. The van der Waals surface area contributed by atoms with Crippen molar-refractivity contribution in [3.05, 3.63) is 30.0 Å². The maximum Gasteiger partial charge on any atom is 0.272 e. The van der Waals surface area contributed by atoms with Gasteiger partial charge in [0, 0.05) is 24.5 Å². The zero-order chi connectivity index (χ0) is 15.4. The summed E-state index contributed by atoms with van der Waals surface area (Å²) in [4.78, 5) is 14.8. The fraction of sp³-hybridized carbons (Fsp3) is 0.529. The van der Waals surface area contributed by atoms with Crippen molar-refractivity contribution in [1.29, 1.82) is 0 Å². The Morgan fingerprint density at radius 2 is 2.27 bits per heavy atom. The first-order valence-electron chi connectivity index (χ1n) is 8.21. The van der Waals surface area contributed by atoms with Gasteiger partial charge >= 0.3 is 0 Å². The average molecular weight is 300 g/mol. The number of H-pyrrole nitrogens is 1. The Labute approximate surface area is 131 Å². The van der Waals surface area contributed by atoms with E-state index < -0.39 is 0 Å². The van der Waals surface area contributed by atoms with Crippen molar-refractivity contribution in [2.75, 3.05) is 19.6 Å². The van der Waals surface area contributed by atoms with Gasteiger partial charge in [0.25, 0.3) is 5.91 Å². The van der Waals surface area contributed by atoms with E-state index in [9.17, 15) is 4.79 Å². The standard InChI is InChI=1S/C17H24N4O/c1-13-7-4-5-11-21(13)12-6-10-18-17(22)16-14-8-2-3-9-15(14)19-20-16/h2-3,8-9,13H,4-7,10-12H2,1H3,(H,18,22)(H,19,20)/t13-/m1/s1. The second kappa shape index (κ2) is 6.92. The van der Waals surface area contributed by atoms with Crippen LogP contribution in [0.25, 0.3) is 10.9 Å². The number of likely N-dealkylation sites (tertiary alicyclic amines) is 1. The van der Waals surface area contributed by atoms with E-state index in [-0.39, 0.29) is 5.91 Å². The molecule has 2 aromatic rings. The quantitative estimate of drug-likeness (QED) is 0.834. The van der Waals surface area contributed by atoms with Crippen LogP contribution in [0.1, 0.15) is 43.1 Å². The number of nitrogens with one attached hydrogen (secondary N) is 2. The first kappa shape index (κ1) is 15.0. The van der Waals surface area contributed by atoms with Gasteiger partial charge in [0.2, 0.25) is 0 Å². The Bertz CT molecular complexity index is 636. The van der Waals surface area contributed by atoms with Crippen LogP contribution in [0.2, 0.25) is 0 Å². The summed E-state index contributed by atoms with van der Waals surface area (Å²) in [7, 11) is 0. The molecule has 0 bridgehead atoms. The van der Waals surface area contributed by atoms with E-state index in [0.717, 1.165) is 23.9 Å². The van der Waals surface area contributed by atoms with Crippen molar-refractivity contribution >= 4 is 16.8 Å². The number of carbonyl (C=O) groups is 1. The van der Waals surface area contributed by atoms with Crippen LogP contribution in [0.15, 0.2) is 24.3 Å². The van der Waals surface area contributed by atoms with Gasteiger partial charge in [-0.05, 0) is 38.8 Å². The van der Waals surface area contributed by atoms with Gasteiger partial charge in [-0.15, -0.1) is 0 Å². The molecule has 22 heavy (non-hydrogen) atoms. The normalized spacial score (nSPS) is 19.4. The van der Waals surface area contributed by atoms with Crippen molar-refractivity contribution in [2.24, 2.45) is 0 Å². The van der Waals surface area contributed by atoms with Crippen LogP contribution >= 0.6 is 0 Å². The van der Waals surface area contributed by atoms with Gasteiger partial charge in [0.1, 0.15) is 0 Å². The highest BCUT2D eigenvalue weighted by molar-refractivity contribution is 6.04. The number of piperidine rings is 1. The lowest BCUT2D eigenvalue weighted by Crippen LogP contribution is -2.39. The van der Waals surface area contributed by atoms with Crippen molar-refractivity contribution in [3.8, 4) is 0 Å². The summed E-state index contributed by atoms with van der Waals surface area (Å²) in [5, 5.41) is 10.9. The van der Waals surface area contributed by atoms with Crippen molar-refractivity contribution in [2.45, 2.75) is 38.6 Å². The minimum absolute atomic E-state index is 0.0934. The monoisotopic (exact) mass is 300 g/mol. The van der Waals surface area contributed by atoms with E-state index in [1.165, 1.54) is 25.8 Å². The van der Waals surface area contributed by atoms with Gasteiger partial charge in [0.05, 0.1) is 5.52 Å². The number of nitrogens with zero attached hydrogens (tertiary/aromatic N) is 2. The van der Waals surface area contributed by atoms with Crippen LogP contribution in [0, 0.1) is 0 Å². The lowest BCUT2D eigenvalue weighted by Gasteiger charge is -2.33. The smallest absolute Gasteiger partial charge is 0.272 e. The third-order valence-electron chi connectivity index (χ3n) is 4.53. The number of para-hydroxylation sites is 1. The fourth-order valence-corrected chi connectivity index (χ4v) is 3.19. The van der Waals surface area contributed by atoms with E-state index in [1.807, 2.05) is 24.3 Å². The van der Waals surface area contributed by atoms with Crippen LogP contribution in [0.3, 0.4) is 0 Å². The maximum absolute atomic E-state index is 12.2. The highest BCUT2D eigenvalue weighted by Crippen LogP contribution is 2.16. The number of aromatic nitrogens is 2. The molecule has 2 heterocycles. The highest BCUT2D eigenvalue weighted by Gasteiger charge is 2.17. The fourth-order valence-electron chi connectivity index (χ4n) is 3.19. The van der Waals surface area contributed by atoms with Crippen molar-refractivity contribution in [1.82, 2.24) is 20.4 Å². The molecular weight excluding hydrogens is 276 g/mol. The Morgan fingerprint density at radius 1 is 1.41 bits per heavy atom. The van der Waals surface area contributed by atoms with Crippen molar-refractivity contribution in [3.63, 3.8) is 0 Å². The molecule has 0 spiro atoms. The summed E-state index contributed by atoms with van der Waals surface area (Å²) in [5.74, 6) is -0.0934. The second-order valence-corrected chi connectivity index (χ2v) is 6.11. The summed E-state index contributed by atoms with van der Waals surface area (Å²) >= 11 is 0. The number of fused-ring (bicyclic) bond motifs is 1. The number of amides is 1. The van der Waals surface area contributed by atoms with Gasteiger partial charge in [-0.1, -0.05) is 24.6 Å². The molecule has 0 radical (unpaired) electrons. The zero-order valence-electron chi connectivity index (χ0n) is 13.1. The van der Waals surface area contributed by atoms with Crippen LogP contribution < -0.4 is 5.32 Å². The first-order chi connectivity index (χ1) is 10.8. The minimum atomic E-state index is -0.0934. The second-order valence-electron chi connectivity index (χ2n) is 6.11. The topological polar surface area (TPSA) is 61.0 Å². The molecule has 3 rings (SSSR count). The van der Waals surface area contributed by atoms with Crippen LogP contribution in [0.4, 0.5) is 0 Å². The molecule has 118 valence electrons. The molecule has 1 aliphatic heterocycles. The molecule has 5 heteroatoms. The van der Waals surface area contributed by atoms with Gasteiger partial charge in [0.15, 0.2) is 5.69 Å². The molecule has 1 aliphatic rings. The van der Waals surface area contributed by atoms with Gasteiger partial charge in [-0.2, -0.15) is 5.10 Å². The maximum atomic E-state index is 12.2. The van der Waals surface area contributed by atoms with Gasteiger partial charge in [-0.25, -0.2) is 0 Å². The van der Waals surface area contributed by atoms with Crippen LogP contribution in [-0.2, 0) is 0 Å². The molecule has 1 aromatic heterocycles. The van der Waals surface area contributed by atoms with E-state index >= 15 is 0 Å². The lowest BCUT2D eigenvalue weighted by atomic mass is 10.0. The SMILES string of the molecule is C[C@@H]1CCCCN1CCCNC(=O)c1n[nH]c2ccccc12. The molecule has 1 atom stereocenters. The minimum Gasteiger partial charge on any atom is -0.351 e. The van der Waals surface area contributed by atoms with E-state index in [4.69, 9.17) is 0 Å². The van der Waals surface area contributed by atoms with Gasteiger partial charge in [-0.3, -0.25) is 9.89 Å². The molecule has 2 N–H and O–H groups in total. The summed E-state index contributed by atoms with van der Waals surface area (Å²) in [6.07, 6.45) is 4.93. The Balaban J connectivity index is 1.48. The molecule has 0 unspecified atom stereocenters. The average Bonchev–Trinajstić information content (AvgIpc) is 2.97. The molecule has 0 aliphatic carbocycles. The lowest BCUT2D eigenvalue weighted by molar-refractivity contribution is 0.0945. The number of hydrogen-bond acceptors (Lipinski definition) is 3.